The second-order valence-electron chi connectivity index (χ2n) is 3.67. The van der Waals surface area contributed by atoms with Gasteiger partial charge in [0.25, 0.3) is 0 Å². The summed E-state index contributed by atoms with van der Waals surface area (Å²) in [6.45, 7) is 2.81. The third-order valence-electron chi connectivity index (χ3n) is 1.76. The van der Waals surface area contributed by atoms with Crippen LogP contribution in [0.5, 0.6) is 0 Å². The Bertz CT molecular complexity index is 496. The number of hydrogen-bond acceptors (Lipinski definition) is 7. The molecule has 0 amide bonds. The zero-order valence-electron chi connectivity index (χ0n) is 14.0. The second kappa shape index (κ2) is 17.3. The summed E-state index contributed by atoms with van der Waals surface area (Å²) >= 11 is 0. The van der Waals surface area contributed by atoms with Gasteiger partial charge in [0.2, 0.25) is 0 Å². The molecule has 0 aromatic rings. The summed E-state index contributed by atoms with van der Waals surface area (Å²) in [7, 11) is 0. The first-order chi connectivity index (χ1) is 9.27. The number of ether oxygens (including phenoxy) is 1. The first kappa shape index (κ1) is 31.2. The first-order valence-corrected chi connectivity index (χ1v) is 5.66. The van der Waals surface area contributed by atoms with E-state index in [-0.39, 0.29) is 95.3 Å². The Balaban J connectivity index is -0.000000602. The van der Waals surface area contributed by atoms with Gasteiger partial charge in [-0.2, -0.15) is 0 Å². The van der Waals surface area contributed by atoms with Crippen LogP contribution in [0.4, 0.5) is 0 Å². The molecule has 0 aliphatic carbocycles. The van der Waals surface area contributed by atoms with Gasteiger partial charge in [-0.05, 0) is 37.3 Å². The topological polar surface area (TPSA) is 130 Å². The van der Waals surface area contributed by atoms with Gasteiger partial charge in [-0.15, -0.1) is 11.5 Å². The number of esters is 1. The molecule has 0 aliphatic rings. The van der Waals surface area contributed by atoms with Crippen LogP contribution in [0.1, 0.15) is 20.3 Å². The molecule has 0 aromatic heterocycles. The maximum atomic E-state index is 11.2. The summed E-state index contributed by atoms with van der Waals surface area (Å²) in [4.78, 5) is 32.8. The molecule has 10 heteroatoms. The second-order valence-corrected chi connectivity index (χ2v) is 3.67. The van der Waals surface area contributed by atoms with E-state index in [2.05, 4.69) is 4.74 Å². The molecule has 0 rings (SSSR count). The van der Waals surface area contributed by atoms with Crippen molar-refractivity contribution in [2.75, 3.05) is 6.61 Å². The Morgan fingerprint density at radius 1 is 0.870 bits per heavy atom. The summed E-state index contributed by atoms with van der Waals surface area (Å²) in [6.07, 6.45) is 1.69. The van der Waals surface area contributed by atoms with Crippen LogP contribution < -0.4 is 104 Å². The number of allylic oxidation sites excluding steroid dienone is 3. The predicted molar refractivity (Wildman–Crippen MR) is 61.2 cm³/mol. The maximum Gasteiger partial charge on any atom is 1.00 e. The van der Waals surface area contributed by atoms with Gasteiger partial charge >= 0.3 is 94.6 Å². The Morgan fingerprint density at radius 3 is 1.74 bits per heavy atom. The summed E-state index contributed by atoms with van der Waals surface area (Å²) in [5, 5.41) is 33.4. The monoisotopic (exact) mass is 350 g/mol. The average Bonchev–Trinajstić information content (AvgIpc) is 2.34. The largest absolute Gasteiger partial charge is 1.00 e. The third kappa shape index (κ3) is 15.7. The molecular weight excluding hydrogens is 337 g/mol. The van der Waals surface area contributed by atoms with Crippen molar-refractivity contribution in [3.05, 3.63) is 35.5 Å². The van der Waals surface area contributed by atoms with E-state index in [1.165, 1.54) is 0 Å². The Kier molecular flexibility index (Phi) is 23.4. The summed E-state index contributed by atoms with van der Waals surface area (Å²) < 4.78 is 4.47. The molecule has 0 fully saturated rings. The fourth-order valence-electron chi connectivity index (χ4n) is 0.952. The minimum Gasteiger partial charge on any atom is -0.873 e. The van der Waals surface area contributed by atoms with Crippen LogP contribution in [0.2, 0.25) is 0 Å². The van der Waals surface area contributed by atoms with Crippen molar-refractivity contribution in [3.8, 4) is 0 Å². The van der Waals surface area contributed by atoms with Crippen LogP contribution in [-0.4, -0.2) is 24.1 Å². The van der Waals surface area contributed by atoms with E-state index >= 15 is 0 Å². The number of carbonyl (C=O) groups is 3. The molecule has 0 radical (unpaired) electrons. The fraction of sp³-hybridized carbons (Fsp3) is 0.308. The quantitative estimate of drug-likeness (QED) is 0.147. The van der Waals surface area contributed by atoms with Gasteiger partial charge in [0, 0.05) is 0 Å². The third-order valence-corrected chi connectivity index (χ3v) is 1.76. The van der Waals surface area contributed by atoms with E-state index in [0.717, 1.165) is 6.92 Å². The van der Waals surface area contributed by atoms with Gasteiger partial charge in [0.15, 0.2) is 11.6 Å². The van der Waals surface area contributed by atoms with E-state index in [4.69, 9.17) is 0 Å². The van der Waals surface area contributed by atoms with Crippen molar-refractivity contribution in [1.82, 2.24) is 0 Å². The van der Waals surface area contributed by atoms with Gasteiger partial charge in [0.1, 0.15) is 0 Å². The van der Waals surface area contributed by atoms with Crippen molar-refractivity contribution < 1.29 is 123 Å². The van der Waals surface area contributed by atoms with Crippen LogP contribution in [0.15, 0.2) is 35.5 Å². The summed E-state index contributed by atoms with van der Waals surface area (Å²) in [5.74, 6) is -6.65. The molecule has 0 heterocycles. The summed E-state index contributed by atoms with van der Waals surface area (Å²) in [6, 6.07) is 0. The van der Waals surface area contributed by atoms with Crippen molar-refractivity contribution >= 4 is 17.5 Å². The average molecular weight is 350 g/mol. The molecule has 0 saturated carbocycles. The van der Waals surface area contributed by atoms with Crippen LogP contribution in [0.3, 0.4) is 0 Å². The van der Waals surface area contributed by atoms with Gasteiger partial charge in [-0.3, -0.25) is 9.59 Å². The number of ketones is 2. The molecule has 0 atom stereocenters. The van der Waals surface area contributed by atoms with E-state index in [1.807, 2.05) is 0 Å². The molecule has 0 unspecified atom stereocenters. The van der Waals surface area contributed by atoms with E-state index in [0.29, 0.717) is 24.6 Å². The molecule has 0 bridgehead atoms. The van der Waals surface area contributed by atoms with Gasteiger partial charge in [-0.1, -0.05) is 6.92 Å². The van der Waals surface area contributed by atoms with Crippen molar-refractivity contribution in [2.45, 2.75) is 20.3 Å². The summed E-state index contributed by atoms with van der Waals surface area (Å²) in [5.41, 5.74) is 0. The smallest absolute Gasteiger partial charge is 0.873 e. The SMILES string of the molecule is CCCOC(=O)/C([O-])=C/C(=O)/C=C([O-])/C([O-])=C/C(C)=O.[Na+].[Na+].[Na+]. The van der Waals surface area contributed by atoms with Crippen LogP contribution in [0.25, 0.3) is 0 Å². The van der Waals surface area contributed by atoms with E-state index < -0.39 is 34.8 Å². The number of rotatable bonds is 7. The maximum absolute atomic E-state index is 11.2. The Morgan fingerprint density at radius 2 is 1.30 bits per heavy atom. The van der Waals surface area contributed by atoms with Crippen LogP contribution in [-0.2, 0) is 19.1 Å². The Hall–Kier alpha value is 0.430. The van der Waals surface area contributed by atoms with Crippen molar-refractivity contribution in [2.24, 2.45) is 0 Å². The van der Waals surface area contributed by atoms with Crippen molar-refractivity contribution in [3.63, 3.8) is 0 Å². The van der Waals surface area contributed by atoms with E-state index in [9.17, 15) is 29.7 Å². The first-order valence-electron chi connectivity index (χ1n) is 5.66. The standard InChI is InChI=1S/C13H16O7.3Na/c1-3-4-20-13(19)12(18)7-9(15)6-11(17)10(16)5-8(2)14;;;/h5-7,16-18H,3-4H2,1-2H3;;;/q;3*+1/p-3/b10-5-,11-6-,12-7-;;;. The van der Waals surface area contributed by atoms with Gasteiger partial charge < -0.3 is 20.1 Å². The zero-order chi connectivity index (χ0) is 15.7. The predicted octanol–water partition coefficient (Wildman–Crippen LogP) is -11.2. The Labute approximate surface area is 200 Å². The molecule has 0 aliphatic heterocycles. The number of hydrogen-bond donors (Lipinski definition) is 0. The van der Waals surface area contributed by atoms with E-state index in [1.54, 1.807) is 6.92 Å². The number of carbonyl (C=O) groups excluding carboxylic acids is 3. The molecular formula is C13H13Na3O7. The minimum atomic E-state index is -1.25. The molecule has 110 valence electrons. The fourth-order valence-corrected chi connectivity index (χ4v) is 0.952. The molecule has 0 saturated heterocycles. The molecule has 0 spiro atoms. The zero-order valence-corrected chi connectivity index (χ0v) is 20.0. The van der Waals surface area contributed by atoms with Crippen LogP contribution in [0, 0.1) is 0 Å². The minimum absolute atomic E-state index is 0. The molecule has 0 N–H and O–H groups in total. The molecule has 7 nitrogen and oxygen atoms in total. The van der Waals surface area contributed by atoms with Gasteiger partial charge in [-0.25, -0.2) is 4.79 Å². The normalized spacial score (nSPS) is 11.3. The molecule has 0 aromatic carbocycles. The van der Waals surface area contributed by atoms with Crippen LogP contribution >= 0.6 is 0 Å². The molecule has 23 heavy (non-hydrogen) atoms. The van der Waals surface area contributed by atoms with Gasteiger partial charge in [0.05, 0.1) is 6.61 Å². The van der Waals surface area contributed by atoms with Crippen molar-refractivity contribution in [1.29, 1.82) is 0 Å².